The summed E-state index contributed by atoms with van der Waals surface area (Å²) >= 11 is 6.52. The summed E-state index contributed by atoms with van der Waals surface area (Å²) in [5, 5.41) is 14.2. The van der Waals surface area contributed by atoms with E-state index in [4.69, 9.17) is 5.11 Å². The molecule has 0 fully saturated rings. The first-order valence-electron chi connectivity index (χ1n) is 5.81. The van der Waals surface area contributed by atoms with Gasteiger partial charge in [0.2, 0.25) is 0 Å². The topological polar surface area (TPSA) is 78.4 Å². The molecular formula is C14H10Br2N2O3. The van der Waals surface area contributed by atoms with E-state index in [2.05, 4.69) is 42.5 Å². The van der Waals surface area contributed by atoms with E-state index < -0.39 is 12.0 Å². The lowest BCUT2D eigenvalue weighted by Crippen LogP contribution is -2.19. The van der Waals surface area contributed by atoms with Crippen molar-refractivity contribution in [2.24, 2.45) is 0 Å². The van der Waals surface area contributed by atoms with Crippen LogP contribution in [-0.2, 0) is 0 Å². The highest BCUT2D eigenvalue weighted by molar-refractivity contribution is 9.10. The van der Waals surface area contributed by atoms with Gasteiger partial charge in [-0.1, -0.05) is 37.9 Å². The van der Waals surface area contributed by atoms with Gasteiger partial charge in [0.1, 0.15) is 0 Å². The van der Waals surface area contributed by atoms with Crippen LogP contribution in [0.15, 0.2) is 51.4 Å². The number of hydrogen-bond donors (Lipinski definition) is 3. The molecule has 0 spiro atoms. The second-order valence-electron chi connectivity index (χ2n) is 4.12. The fraction of sp³-hybridized carbons (Fsp3) is 0. The van der Waals surface area contributed by atoms with Crippen molar-refractivity contribution in [3.8, 4) is 0 Å². The van der Waals surface area contributed by atoms with Crippen molar-refractivity contribution >= 4 is 55.2 Å². The lowest BCUT2D eigenvalue weighted by atomic mass is 10.2. The van der Waals surface area contributed by atoms with Gasteiger partial charge in [0.05, 0.1) is 5.56 Å². The molecule has 5 nitrogen and oxygen atoms in total. The monoisotopic (exact) mass is 412 g/mol. The molecule has 2 aromatic carbocycles. The third-order valence-electron chi connectivity index (χ3n) is 2.49. The van der Waals surface area contributed by atoms with E-state index in [1.54, 1.807) is 24.3 Å². The molecule has 2 amide bonds. The smallest absolute Gasteiger partial charge is 0.335 e. The molecule has 108 valence electrons. The number of urea groups is 1. The summed E-state index contributed by atoms with van der Waals surface area (Å²) in [6.07, 6.45) is 0. The Balaban J connectivity index is 2.11. The molecule has 0 heterocycles. The highest BCUT2D eigenvalue weighted by Gasteiger charge is 2.08. The first-order chi connectivity index (χ1) is 9.94. The average Bonchev–Trinajstić information content (AvgIpc) is 2.37. The Hall–Kier alpha value is -1.86. The first-order valence-corrected chi connectivity index (χ1v) is 7.40. The van der Waals surface area contributed by atoms with Crippen LogP contribution < -0.4 is 10.6 Å². The van der Waals surface area contributed by atoms with Crippen molar-refractivity contribution in [1.82, 2.24) is 0 Å². The van der Waals surface area contributed by atoms with Gasteiger partial charge in [-0.05, 0) is 36.4 Å². The van der Waals surface area contributed by atoms with Gasteiger partial charge in [-0.2, -0.15) is 0 Å². The number of carboxylic acids is 1. The second-order valence-corrected chi connectivity index (χ2v) is 5.95. The predicted octanol–water partition coefficient (Wildman–Crippen LogP) is 4.55. The Morgan fingerprint density at radius 1 is 0.905 bits per heavy atom. The summed E-state index contributed by atoms with van der Waals surface area (Å²) < 4.78 is 1.41. The number of hydrogen-bond acceptors (Lipinski definition) is 2. The number of carbonyl (C=O) groups is 2. The highest BCUT2D eigenvalue weighted by Crippen LogP contribution is 2.20. The van der Waals surface area contributed by atoms with Gasteiger partial charge >= 0.3 is 12.0 Å². The Labute approximate surface area is 137 Å². The van der Waals surface area contributed by atoms with Crippen LogP contribution in [0.4, 0.5) is 16.2 Å². The van der Waals surface area contributed by atoms with Gasteiger partial charge in [-0.15, -0.1) is 0 Å². The Kier molecular flexibility index (Phi) is 4.98. The molecular weight excluding hydrogens is 404 g/mol. The number of benzene rings is 2. The van der Waals surface area contributed by atoms with Crippen molar-refractivity contribution in [3.63, 3.8) is 0 Å². The van der Waals surface area contributed by atoms with Crippen LogP contribution in [0.2, 0.25) is 0 Å². The molecule has 3 N–H and O–H groups in total. The van der Waals surface area contributed by atoms with Crippen LogP contribution >= 0.6 is 31.9 Å². The lowest BCUT2D eigenvalue weighted by molar-refractivity contribution is 0.0697. The van der Waals surface area contributed by atoms with E-state index in [-0.39, 0.29) is 5.56 Å². The van der Waals surface area contributed by atoms with Gasteiger partial charge in [0.15, 0.2) is 0 Å². The maximum absolute atomic E-state index is 11.9. The second kappa shape index (κ2) is 6.73. The maximum atomic E-state index is 11.9. The fourth-order valence-corrected chi connectivity index (χ4v) is 2.54. The predicted molar refractivity (Wildman–Crippen MR) is 87.9 cm³/mol. The molecule has 0 atom stereocenters. The third-order valence-corrected chi connectivity index (χ3v) is 3.44. The van der Waals surface area contributed by atoms with E-state index in [0.717, 1.165) is 4.47 Å². The zero-order valence-electron chi connectivity index (χ0n) is 10.6. The quantitative estimate of drug-likeness (QED) is 0.690. The number of amides is 2. The average molecular weight is 414 g/mol. The maximum Gasteiger partial charge on any atom is 0.335 e. The van der Waals surface area contributed by atoms with Gasteiger partial charge in [-0.25, -0.2) is 9.59 Å². The molecule has 0 unspecified atom stereocenters. The standard InChI is InChI=1S/C14H10Br2N2O3/c15-9-2-1-3-11(6-9)17-14(21)18-12-5-8(13(19)20)4-10(16)7-12/h1-7H,(H,19,20)(H2,17,18,21). The van der Waals surface area contributed by atoms with Crippen molar-refractivity contribution in [1.29, 1.82) is 0 Å². The molecule has 0 aliphatic heterocycles. The summed E-state index contributed by atoms with van der Waals surface area (Å²) in [7, 11) is 0. The molecule has 7 heteroatoms. The lowest BCUT2D eigenvalue weighted by Gasteiger charge is -2.09. The SMILES string of the molecule is O=C(Nc1cccc(Br)c1)Nc1cc(Br)cc(C(=O)O)c1. The molecule has 0 saturated carbocycles. The Morgan fingerprint density at radius 2 is 1.57 bits per heavy atom. The number of anilines is 2. The molecule has 2 rings (SSSR count). The number of rotatable bonds is 3. The first kappa shape index (κ1) is 15.5. The number of nitrogens with one attached hydrogen (secondary N) is 2. The summed E-state index contributed by atoms with van der Waals surface area (Å²) in [6.45, 7) is 0. The van der Waals surface area contributed by atoms with Gasteiger partial charge in [0, 0.05) is 20.3 Å². The molecule has 0 radical (unpaired) electrons. The molecule has 0 aromatic heterocycles. The minimum absolute atomic E-state index is 0.0853. The molecule has 0 bridgehead atoms. The zero-order chi connectivity index (χ0) is 15.4. The van der Waals surface area contributed by atoms with Gasteiger partial charge in [0.25, 0.3) is 0 Å². The Bertz CT molecular complexity index is 704. The van der Waals surface area contributed by atoms with Crippen molar-refractivity contribution < 1.29 is 14.7 Å². The van der Waals surface area contributed by atoms with Crippen LogP contribution in [0.5, 0.6) is 0 Å². The van der Waals surface area contributed by atoms with Gasteiger partial charge < -0.3 is 15.7 Å². The van der Waals surface area contributed by atoms with Crippen LogP contribution in [0.3, 0.4) is 0 Å². The molecule has 0 aliphatic rings. The summed E-state index contributed by atoms with van der Waals surface area (Å²) in [6, 6.07) is 11.1. The molecule has 21 heavy (non-hydrogen) atoms. The zero-order valence-corrected chi connectivity index (χ0v) is 13.7. The van der Waals surface area contributed by atoms with E-state index >= 15 is 0 Å². The normalized spacial score (nSPS) is 10.0. The highest BCUT2D eigenvalue weighted by atomic mass is 79.9. The summed E-state index contributed by atoms with van der Waals surface area (Å²) in [4.78, 5) is 22.9. The molecule has 0 aliphatic carbocycles. The number of aromatic carboxylic acids is 1. The van der Waals surface area contributed by atoms with Crippen LogP contribution in [0.1, 0.15) is 10.4 Å². The number of carbonyl (C=O) groups excluding carboxylic acids is 1. The van der Waals surface area contributed by atoms with Crippen molar-refractivity contribution in [2.75, 3.05) is 10.6 Å². The number of halogens is 2. The van der Waals surface area contributed by atoms with Crippen LogP contribution in [-0.4, -0.2) is 17.1 Å². The summed E-state index contributed by atoms with van der Waals surface area (Å²) in [5.74, 6) is -1.06. The van der Waals surface area contributed by atoms with Crippen molar-refractivity contribution in [2.45, 2.75) is 0 Å². The van der Waals surface area contributed by atoms with Crippen molar-refractivity contribution in [3.05, 3.63) is 57.0 Å². The van der Waals surface area contributed by atoms with E-state index in [9.17, 15) is 9.59 Å². The van der Waals surface area contributed by atoms with E-state index in [1.807, 2.05) is 6.07 Å². The van der Waals surface area contributed by atoms with Crippen LogP contribution in [0, 0.1) is 0 Å². The fourth-order valence-electron chi connectivity index (χ4n) is 1.64. The third kappa shape index (κ3) is 4.57. The largest absolute Gasteiger partial charge is 0.478 e. The molecule has 2 aromatic rings. The van der Waals surface area contributed by atoms with E-state index in [0.29, 0.717) is 15.8 Å². The summed E-state index contributed by atoms with van der Waals surface area (Å²) in [5.41, 5.74) is 1.09. The Morgan fingerprint density at radius 3 is 2.24 bits per heavy atom. The van der Waals surface area contributed by atoms with Crippen LogP contribution in [0.25, 0.3) is 0 Å². The minimum atomic E-state index is -1.06. The van der Waals surface area contributed by atoms with Gasteiger partial charge in [-0.3, -0.25) is 0 Å². The van der Waals surface area contributed by atoms with E-state index in [1.165, 1.54) is 12.1 Å². The molecule has 0 saturated heterocycles. The number of carboxylic acid groups (broad SMARTS) is 1. The minimum Gasteiger partial charge on any atom is -0.478 e.